The molecule has 2 rings (SSSR count). The van der Waals surface area contributed by atoms with Crippen LogP contribution in [0.2, 0.25) is 0 Å². The van der Waals surface area contributed by atoms with Crippen molar-refractivity contribution < 1.29 is 24.2 Å². The molecule has 0 amide bonds. The van der Waals surface area contributed by atoms with Crippen molar-refractivity contribution in [2.45, 2.75) is 25.0 Å². The van der Waals surface area contributed by atoms with Crippen molar-refractivity contribution in [3.05, 3.63) is 0 Å². The van der Waals surface area contributed by atoms with Crippen molar-refractivity contribution >= 4 is 11.8 Å². The van der Waals surface area contributed by atoms with Crippen LogP contribution < -0.4 is 0 Å². The Balaban J connectivity index is 2.12. The van der Waals surface area contributed by atoms with Gasteiger partial charge < -0.3 is 14.6 Å². The van der Waals surface area contributed by atoms with Crippen LogP contribution in [0, 0.1) is 5.92 Å². The zero-order valence-electron chi connectivity index (χ0n) is 7.69. The van der Waals surface area contributed by atoms with E-state index in [1.807, 2.05) is 0 Å². The average molecular weight is 200 g/mol. The Morgan fingerprint density at radius 1 is 1.43 bits per heavy atom. The van der Waals surface area contributed by atoms with Gasteiger partial charge in [0.15, 0.2) is 5.79 Å². The molecule has 0 radical (unpaired) electrons. The van der Waals surface area contributed by atoms with E-state index in [0.29, 0.717) is 19.6 Å². The molecule has 5 nitrogen and oxygen atoms in total. The number of carbonyl (C=O) groups excluding carboxylic acids is 1. The van der Waals surface area contributed by atoms with Crippen molar-refractivity contribution in [2.24, 2.45) is 5.92 Å². The fourth-order valence-electron chi connectivity index (χ4n) is 2.00. The Morgan fingerprint density at radius 2 is 2.07 bits per heavy atom. The molecule has 78 valence electrons. The normalized spacial score (nSPS) is 30.9. The molecule has 0 aromatic carbocycles. The molecular weight excluding hydrogens is 188 g/mol. The highest BCUT2D eigenvalue weighted by Gasteiger charge is 2.47. The molecular formula is C9H12O5. The van der Waals surface area contributed by atoms with Gasteiger partial charge in [0.1, 0.15) is 11.7 Å². The van der Waals surface area contributed by atoms with Gasteiger partial charge in [-0.25, -0.2) is 0 Å². The van der Waals surface area contributed by atoms with Gasteiger partial charge in [0.05, 0.1) is 13.2 Å². The van der Waals surface area contributed by atoms with Gasteiger partial charge in [-0.2, -0.15) is 0 Å². The summed E-state index contributed by atoms with van der Waals surface area (Å²) >= 11 is 0. The van der Waals surface area contributed by atoms with Crippen molar-refractivity contribution in [3.8, 4) is 0 Å². The molecule has 2 aliphatic rings. The molecule has 1 spiro atoms. The van der Waals surface area contributed by atoms with Crippen LogP contribution in [0.4, 0.5) is 0 Å². The van der Waals surface area contributed by atoms with Crippen molar-refractivity contribution in [1.29, 1.82) is 0 Å². The SMILES string of the molecule is O=C(O)C1CC2(CCC1=O)OCCO2. The molecule has 1 N–H and O–H groups in total. The summed E-state index contributed by atoms with van der Waals surface area (Å²) in [5.74, 6) is -3.05. The number of carboxylic acids is 1. The minimum absolute atomic E-state index is 0.154. The van der Waals surface area contributed by atoms with Gasteiger partial charge in [-0.3, -0.25) is 9.59 Å². The molecule has 1 saturated carbocycles. The summed E-state index contributed by atoms with van der Waals surface area (Å²) in [6.07, 6.45) is 0.869. The third-order valence-corrected chi connectivity index (χ3v) is 2.77. The number of aliphatic carboxylic acids is 1. The summed E-state index contributed by atoms with van der Waals surface area (Å²) in [7, 11) is 0. The highest BCUT2D eigenvalue weighted by atomic mass is 16.7. The van der Waals surface area contributed by atoms with E-state index in [1.165, 1.54) is 0 Å². The molecule has 5 heteroatoms. The molecule has 14 heavy (non-hydrogen) atoms. The molecule has 1 atom stereocenters. The number of rotatable bonds is 1. The maximum Gasteiger partial charge on any atom is 0.314 e. The van der Waals surface area contributed by atoms with Crippen LogP contribution in [0.25, 0.3) is 0 Å². The summed E-state index contributed by atoms with van der Waals surface area (Å²) in [4.78, 5) is 22.1. The molecule has 0 bridgehead atoms. The van der Waals surface area contributed by atoms with E-state index in [-0.39, 0.29) is 18.6 Å². The largest absolute Gasteiger partial charge is 0.481 e. The summed E-state index contributed by atoms with van der Waals surface area (Å²) in [6, 6.07) is 0. The van der Waals surface area contributed by atoms with Crippen LogP contribution in [0.5, 0.6) is 0 Å². The lowest BCUT2D eigenvalue weighted by Crippen LogP contribution is -2.43. The van der Waals surface area contributed by atoms with E-state index < -0.39 is 17.7 Å². The van der Waals surface area contributed by atoms with Crippen LogP contribution in [0.15, 0.2) is 0 Å². The number of ether oxygens (including phenoxy) is 2. The quantitative estimate of drug-likeness (QED) is 0.611. The Kier molecular flexibility index (Phi) is 2.28. The summed E-state index contributed by atoms with van der Waals surface area (Å²) in [5.41, 5.74) is 0. The Hall–Kier alpha value is -0.940. The van der Waals surface area contributed by atoms with Gasteiger partial charge in [0, 0.05) is 19.3 Å². The number of ketones is 1. The van der Waals surface area contributed by atoms with Crippen LogP contribution in [-0.2, 0) is 19.1 Å². The Labute approximate surface area is 81.0 Å². The van der Waals surface area contributed by atoms with Crippen LogP contribution in [-0.4, -0.2) is 35.9 Å². The summed E-state index contributed by atoms with van der Waals surface area (Å²) in [6.45, 7) is 0.973. The van der Waals surface area contributed by atoms with Crippen molar-refractivity contribution in [3.63, 3.8) is 0 Å². The standard InChI is InChI=1S/C9H12O5/c10-7-1-2-9(13-3-4-14-9)5-6(7)8(11)12/h6H,1-5H2,(H,11,12). The van der Waals surface area contributed by atoms with E-state index in [0.717, 1.165) is 0 Å². The monoisotopic (exact) mass is 200 g/mol. The van der Waals surface area contributed by atoms with E-state index >= 15 is 0 Å². The van der Waals surface area contributed by atoms with Gasteiger partial charge in [-0.1, -0.05) is 0 Å². The van der Waals surface area contributed by atoms with Gasteiger partial charge in [-0.15, -0.1) is 0 Å². The summed E-state index contributed by atoms with van der Waals surface area (Å²) in [5, 5.41) is 8.82. The van der Waals surface area contributed by atoms with E-state index in [9.17, 15) is 9.59 Å². The highest BCUT2D eigenvalue weighted by molar-refractivity contribution is 5.98. The van der Waals surface area contributed by atoms with Crippen molar-refractivity contribution in [1.82, 2.24) is 0 Å². The van der Waals surface area contributed by atoms with Gasteiger partial charge in [-0.05, 0) is 0 Å². The summed E-state index contributed by atoms with van der Waals surface area (Å²) < 4.78 is 10.7. The first-order chi connectivity index (χ1) is 6.63. The van der Waals surface area contributed by atoms with Gasteiger partial charge in [0.25, 0.3) is 0 Å². The lowest BCUT2D eigenvalue weighted by Gasteiger charge is -2.33. The van der Waals surface area contributed by atoms with Gasteiger partial charge in [0.2, 0.25) is 0 Å². The average Bonchev–Trinajstić information content (AvgIpc) is 2.58. The van der Waals surface area contributed by atoms with Crippen molar-refractivity contribution in [2.75, 3.05) is 13.2 Å². The topological polar surface area (TPSA) is 72.8 Å². The minimum Gasteiger partial charge on any atom is -0.481 e. The number of hydrogen-bond acceptors (Lipinski definition) is 4. The molecule has 1 aliphatic carbocycles. The molecule has 1 heterocycles. The number of carboxylic acid groups (broad SMARTS) is 1. The fourth-order valence-corrected chi connectivity index (χ4v) is 2.00. The number of carbonyl (C=O) groups is 2. The maximum absolute atomic E-state index is 11.3. The maximum atomic E-state index is 11.3. The molecule has 0 aromatic rings. The second kappa shape index (κ2) is 3.33. The molecule has 1 aliphatic heterocycles. The minimum atomic E-state index is -1.08. The van der Waals surface area contributed by atoms with Crippen LogP contribution in [0.1, 0.15) is 19.3 Å². The second-order valence-corrected chi connectivity index (χ2v) is 3.67. The smallest absolute Gasteiger partial charge is 0.314 e. The third-order valence-electron chi connectivity index (χ3n) is 2.77. The molecule has 2 fully saturated rings. The zero-order valence-corrected chi connectivity index (χ0v) is 7.69. The van der Waals surface area contributed by atoms with Gasteiger partial charge >= 0.3 is 5.97 Å². The Morgan fingerprint density at radius 3 is 2.64 bits per heavy atom. The lowest BCUT2D eigenvalue weighted by molar-refractivity contribution is -0.194. The number of hydrogen-bond donors (Lipinski definition) is 1. The molecule has 1 saturated heterocycles. The fraction of sp³-hybridized carbons (Fsp3) is 0.778. The first-order valence-electron chi connectivity index (χ1n) is 4.66. The first-order valence-corrected chi connectivity index (χ1v) is 4.66. The van der Waals surface area contributed by atoms with E-state index in [4.69, 9.17) is 14.6 Å². The number of Topliss-reactive ketones (excluding diaryl/α,β-unsaturated/α-hetero) is 1. The lowest BCUT2D eigenvalue weighted by atomic mass is 9.83. The zero-order chi connectivity index (χ0) is 10.2. The second-order valence-electron chi connectivity index (χ2n) is 3.67. The predicted molar refractivity (Wildman–Crippen MR) is 44.6 cm³/mol. The Bertz CT molecular complexity index is 266. The van der Waals surface area contributed by atoms with Crippen LogP contribution in [0.3, 0.4) is 0 Å². The van der Waals surface area contributed by atoms with E-state index in [1.54, 1.807) is 0 Å². The third kappa shape index (κ3) is 1.53. The van der Waals surface area contributed by atoms with Crippen LogP contribution >= 0.6 is 0 Å². The highest BCUT2D eigenvalue weighted by Crippen LogP contribution is 2.37. The first kappa shape index (κ1) is 9.61. The predicted octanol–water partition coefficient (Wildman–Crippen LogP) is 0.183. The molecule has 1 unspecified atom stereocenters. The van der Waals surface area contributed by atoms with E-state index in [2.05, 4.69) is 0 Å². The molecule has 0 aromatic heterocycles.